The Morgan fingerprint density at radius 1 is 1.26 bits per heavy atom. The molecule has 1 amide bonds. The Hall–Kier alpha value is -2.15. The Morgan fingerprint density at radius 2 is 2.03 bits per heavy atom. The molecule has 2 aliphatic heterocycles. The van der Waals surface area contributed by atoms with Gasteiger partial charge in [0.25, 0.3) is 11.5 Å². The number of pyridine rings is 1. The Bertz CT molecular complexity index is 1090. The number of aromatic nitrogens is 1. The van der Waals surface area contributed by atoms with Crippen molar-refractivity contribution in [1.82, 2.24) is 9.47 Å². The van der Waals surface area contributed by atoms with Crippen LogP contribution in [0.15, 0.2) is 9.70 Å². The predicted octanol–water partition coefficient (Wildman–Crippen LogP) is 4.69. The first kappa shape index (κ1) is 27.4. The van der Waals surface area contributed by atoms with Crippen molar-refractivity contribution < 1.29 is 9.53 Å². The van der Waals surface area contributed by atoms with Crippen LogP contribution in [-0.2, 0) is 16.1 Å². The van der Waals surface area contributed by atoms with E-state index in [4.69, 9.17) is 17.0 Å². The molecule has 1 aromatic heterocycles. The number of thiocarbonyl (C=S) groups is 1. The van der Waals surface area contributed by atoms with Crippen molar-refractivity contribution >= 4 is 46.1 Å². The fourth-order valence-corrected chi connectivity index (χ4v) is 5.97. The molecule has 0 spiro atoms. The molecule has 0 bridgehead atoms. The van der Waals surface area contributed by atoms with Gasteiger partial charge in [0.15, 0.2) is 0 Å². The van der Waals surface area contributed by atoms with E-state index in [1.807, 2.05) is 19.9 Å². The largest absolute Gasteiger partial charge is 0.382 e. The predicted molar refractivity (Wildman–Crippen MR) is 147 cm³/mol. The molecule has 3 heterocycles. The van der Waals surface area contributed by atoms with E-state index in [0.29, 0.717) is 53.4 Å². The molecular weight excluding hydrogens is 480 g/mol. The van der Waals surface area contributed by atoms with Crippen LogP contribution >= 0.6 is 24.0 Å². The minimum atomic E-state index is -0.243. The number of hydrogen-bond donors (Lipinski definition) is 0. The number of nitrogens with zero attached hydrogens (tertiary/aromatic N) is 4. The first-order chi connectivity index (χ1) is 16.8. The Balaban J connectivity index is 2.10. The lowest BCUT2D eigenvalue weighted by Crippen LogP contribution is -2.40. The molecule has 0 aliphatic carbocycles. The lowest BCUT2D eigenvalue weighted by atomic mass is 9.98. The number of thioether (sulfide) groups is 1. The van der Waals surface area contributed by atoms with Crippen molar-refractivity contribution in [2.45, 2.75) is 66.3 Å². The molecule has 190 valence electrons. The van der Waals surface area contributed by atoms with Gasteiger partial charge in [0.05, 0.1) is 4.91 Å². The van der Waals surface area contributed by atoms with E-state index in [1.54, 1.807) is 9.47 Å². The Labute approximate surface area is 218 Å². The summed E-state index contributed by atoms with van der Waals surface area (Å²) < 4.78 is 7.70. The van der Waals surface area contributed by atoms with Crippen molar-refractivity contribution in [2.75, 3.05) is 37.7 Å². The second-order valence-corrected chi connectivity index (χ2v) is 10.9. The van der Waals surface area contributed by atoms with Gasteiger partial charge in [-0.1, -0.05) is 44.2 Å². The number of nitriles is 1. The van der Waals surface area contributed by atoms with E-state index in [2.05, 4.69) is 24.8 Å². The zero-order chi connectivity index (χ0) is 25.5. The maximum Gasteiger partial charge on any atom is 0.270 e. The van der Waals surface area contributed by atoms with Crippen molar-refractivity contribution in [1.29, 1.82) is 5.26 Å². The second kappa shape index (κ2) is 12.7. The fraction of sp³-hybridized carbons (Fsp3) is 0.615. The van der Waals surface area contributed by atoms with Gasteiger partial charge in [-0.3, -0.25) is 19.1 Å². The molecule has 9 heteroatoms. The summed E-state index contributed by atoms with van der Waals surface area (Å²) in [5.41, 5.74) is 1.31. The molecule has 1 aromatic rings. The highest BCUT2D eigenvalue weighted by Gasteiger charge is 2.33. The second-order valence-electron chi connectivity index (χ2n) is 9.24. The van der Waals surface area contributed by atoms with Gasteiger partial charge in [-0.05, 0) is 57.1 Å². The van der Waals surface area contributed by atoms with Crippen LogP contribution in [0, 0.1) is 24.2 Å². The van der Waals surface area contributed by atoms with E-state index in [9.17, 15) is 14.9 Å². The number of hydrogen-bond acceptors (Lipinski definition) is 7. The summed E-state index contributed by atoms with van der Waals surface area (Å²) in [5.74, 6) is 1.21. The first-order valence-electron chi connectivity index (χ1n) is 12.6. The van der Waals surface area contributed by atoms with Crippen molar-refractivity contribution in [3.8, 4) is 6.07 Å². The summed E-state index contributed by atoms with van der Waals surface area (Å²) in [4.78, 5) is 31.1. The average molecular weight is 517 g/mol. The summed E-state index contributed by atoms with van der Waals surface area (Å²) in [5, 5.41) is 9.84. The number of anilines is 1. The highest BCUT2D eigenvalue weighted by Crippen LogP contribution is 2.37. The van der Waals surface area contributed by atoms with Gasteiger partial charge in [0.1, 0.15) is 21.8 Å². The highest BCUT2D eigenvalue weighted by molar-refractivity contribution is 8.26. The van der Waals surface area contributed by atoms with Crippen molar-refractivity contribution in [2.24, 2.45) is 5.92 Å². The minimum Gasteiger partial charge on any atom is -0.382 e. The first-order valence-corrected chi connectivity index (χ1v) is 13.8. The smallest absolute Gasteiger partial charge is 0.270 e. The van der Waals surface area contributed by atoms with E-state index >= 15 is 0 Å². The maximum absolute atomic E-state index is 13.4. The summed E-state index contributed by atoms with van der Waals surface area (Å²) >= 11 is 6.80. The third-order valence-electron chi connectivity index (χ3n) is 6.56. The Kier molecular flexibility index (Phi) is 9.96. The number of carbonyl (C=O) groups excluding carboxylic acids is 1. The standard InChI is InChI=1S/C26H36N4O3S2/c1-5-7-12-29-23(28-11-8-10-18(3)17-28)20(19(4)21(16-27)24(29)31)15-22-25(32)30(26(34)35-22)13-9-14-33-6-2/h15,18H,5-14,17H2,1-4H3/b22-15-. The lowest BCUT2D eigenvalue weighted by molar-refractivity contribution is -0.122. The molecule has 1 atom stereocenters. The summed E-state index contributed by atoms with van der Waals surface area (Å²) in [7, 11) is 0. The molecule has 1 unspecified atom stereocenters. The van der Waals surface area contributed by atoms with Gasteiger partial charge in [-0.15, -0.1) is 0 Å². The van der Waals surface area contributed by atoms with E-state index < -0.39 is 0 Å². The SMILES string of the molecule is CCCCn1c(N2CCCC(C)C2)c(/C=C2\SC(=S)N(CCCOCC)C2=O)c(C)c(C#N)c1=O. The molecular formula is C26H36N4O3S2. The van der Waals surface area contributed by atoms with Gasteiger partial charge < -0.3 is 9.64 Å². The normalized spacial score (nSPS) is 19.6. The summed E-state index contributed by atoms with van der Waals surface area (Å²) in [6, 6.07) is 2.13. The van der Waals surface area contributed by atoms with E-state index in [1.165, 1.54) is 11.8 Å². The van der Waals surface area contributed by atoms with Crippen molar-refractivity contribution in [3.63, 3.8) is 0 Å². The van der Waals surface area contributed by atoms with Crippen LogP contribution in [0.25, 0.3) is 6.08 Å². The van der Waals surface area contributed by atoms with Crippen LogP contribution in [0.5, 0.6) is 0 Å². The highest BCUT2D eigenvalue weighted by atomic mass is 32.2. The quantitative estimate of drug-likeness (QED) is 0.254. The molecule has 0 N–H and O–H groups in total. The number of ether oxygens (including phenoxy) is 1. The fourth-order valence-electron chi connectivity index (χ4n) is 4.68. The third kappa shape index (κ3) is 6.16. The maximum atomic E-state index is 13.4. The Morgan fingerprint density at radius 3 is 2.69 bits per heavy atom. The molecule has 35 heavy (non-hydrogen) atoms. The van der Waals surface area contributed by atoms with Gasteiger partial charge in [0, 0.05) is 45.0 Å². The molecule has 0 radical (unpaired) electrons. The topological polar surface area (TPSA) is 78.6 Å². The number of carbonyl (C=O) groups is 1. The molecule has 2 aliphatic rings. The van der Waals surface area contributed by atoms with Crippen molar-refractivity contribution in [3.05, 3.63) is 31.9 Å². The molecule has 2 fully saturated rings. The van der Waals surface area contributed by atoms with Crippen LogP contribution < -0.4 is 10.5 Å². The van der Waals surface area contributed by atoms with Gasteiger partial charge in [-0.2, -0.15) is 5.26 Å². The van der Waals surface area contributed by atoms with Gasteiger partial charge >= 0.3 is 0 Å². The number of amides is 1. The summed E-state index contributed by atoms with van der Waals surface area (Å²) in [6.45, 7) is 12.0. The summed E-state index contributed by atoms with van der Waals surface area (Å²) in [6.07, 6.45) is 6.54. The number of unbranched alkanes of at least 4 members (excludes halogenated alkanes) is 1. The molecule has 0 saturated carbocycles. The third-order valence-corrected chi connectivity index (χ3v) is 7.94. The number of piperidine rings is 1. The molecule has 0 aromatic carbocycles. The molecule has 3 rings (SSSR count). The van der Waals surface area contributed by atoms with Gasteiger partial charge in [0.2, 0.25) is 0 Å². The van der Waals surface area contributed by atoms with Crippen LogP contribution in [0.1, 0.15) is 69.6 Å². The lowest BCUT2D eigenvalue weighted by Gasteiger charge is -2.36. The van der Waals surface area contributed by atoms with E-state index in [0.717, 1.165) is 50.2 Å². The van der Waals surface area contributed by atoms with Crippen LogP contribution in [-0.4, -0.2) is 52.5 Å². The van der Waals surface area contributed by atoms with Gasteiger partial charge in [-0.25, -0.2) is 0 Å². The minimum absolute atomic E-state index is 0.126. The molecule has 2 saturated heterocycles. The van der Waals surface area contributed by atoms with E-state index in [-0.39, 0.29) is 17.0 Å². The monoisotopic (exact) mass is 516 g/mol. The average Bonchev–Trinajstić information content (AvgIpc) is 3.10. The van der Waals surface area contributed by atoms with Crippen LogP contribution in [0.2, 0.25) is 0 Å². The zero-order valence-electron chi connectivity index (χ0n) is 21.3. The number of rotatable bonds is 10. The molecule has 7 nitrogen and oxygen atoms in total. The van der Waals surface area contributed by atoms with Crippen LogP contribution in [0.3, 0.4) is 0 Å². The van der Waals surface area contributed by atoms with Crippen LogP contribution in [0.4, 0.5) is 5.82 Å². The zero-order valence-corrected chi connectivity index (χ0v) is 22.9.